The van der Waals surface area contributed by atoms with Crippen LogP contribution in [0.2, 0.25) is 0 Å². The summed E-state index contributed by atoms with van der Waals surface area (Å²) in [5.74, 6) is -0.0723. The van der Waals surface area contributed by atoms with Crippen molar-refractivity contribution < 1.29 is 18.7 Å². The molecular weight excluding hydrogens is 409 g/mol. The second-order valence-electron chi connectivity index (χ2n) is 7.85. The van der Waals surface area contributed by atoms with E-state index in [1.165, 1.54) is 17.9 Å². The molecule has 1 aromatic rings. The van der Waals surface area contributed by atoms with E-state index in [1.807, 2.05) is 9.91 Å². The molecule has 0 aromatic heterocycles. The van der Waals surface area contributed by atoms with Crippen LogP contribution in [0.5, 0.6) is 0 Å². The fourth-order valence-corrected chi connectivity index (χ4v) is 4.12. The van der Waals surface area contributed by atoms with Crippen LogP contribution < -0.4 is 20.5 Å². The van der Waals surface area contributed by atoms with Crippen LogP contribution >= 0.6 is 12.2 Å². The number of anilines is 2. The Balaban J connectivity index is 1.40. The van der Waals surface area contributed by atoms with E-state index in [-0.39, 0.29) is 24.8 Å². The lowest BCUT2D eigenvalue weighted by atomic mass is 10.2. The van der Waals surface area contributed by atoms with E-state index in [9.17, 15) is 14.0 Å². The third-order valence-electron chi connectivity index (χ3n) is 5.51. The molecule has 2 heterocycles. The number of hydrogen-bond acceptors (Lipinski definition) is 6. The molecule has 0 bridgehead atoms. The number of cyclic esters (lactones) is 1. The molecule has 1 atom stereocenters. The summed E-state index contributed by atoms with van der Waals surface area (Å²) in [5, 5.41) is 4.65. The third-order valence-corrected chi connectivity index (χ3v) is 6.06. The number of carbonyl (C=O) groups excluding carboxylic acids is 2. The Kier molecular flexibility index (Phi) is 6.05. The predicted molar refractivity (Wildman–Crippen MR) is 115 cm³/mol. The summed E-state index contributed by atoms with van der Waals surface area (Å²) < 4.78 is 20.2. The number of ether oxygens (including phenoxy) is 1. The zero-order valence-electron chi connectivity index (χ0n) is 16.9. The first kappa shape index (κ1) is 20.8. The van der Waals surface area contributed by atoms with E-state index in [0.29, 0.717) is 43.5 Å². The summed E-state index contributed by atoms with van der Waals surface area (Å²) in [7, 11) is 0. The molecular formula is C20H26FN5O3S. The van der Waals surface area contributed by atoms with Crippen LogP contribution in [0.4, 0.5) is 20.6 Å². The van der Waals surface area contributed by atoms with Gasteiger partial charge in [0.1, 0.15) is 11.9 Å². The molecule has 2 aliphatic heterocycles. The first-order chi connectivity index (χ1) is 14.4. The molecule has 0 unspecified atom stereocenters. The number of hydrogen-bond donors (Lipinski definition) is 2. The van der Waals surface area contributed by atoms with Crippen molar-refractivity contribution in [2.75, 3.05) is 49.1 Å². The van der Waals surface area contributed by atoms with Gasteiger partial charge < -0.3 is 15.0 Å². The van der Waals surface area contributed by atoms with Gasteiger partial charge >= 0.3 is 6.09 Å². The van der Waals surface area contributed by atoms with Crippen LogP contribution in [-0.4, -0.2) is 67.4 Å². The quantitative estimate of drug-likeness (QED) is 0.681. The molecule has 162 valence electrons. The summed E-state index contributed by atoms with van der Waals surface area (Å²) >= 11 is 5.53. The van der Waals surface area contributed by atoms with Crippen LogP contribution in [0, 0.1) is 11.7 Å². The Morgan fingerprint density at radius 3 is 2.83 bits per heavy atom. The van der Waals surface area contributed by atoms with Crippen molar-refractivity contribution in [1.82, 2.24) is 15.8 Å². The topological polar surface area (TPSA) is 77.2 Å². The first-order valence-corrected chi connectivity index (χ1v) is 10.6. The van der Waals surface area contributed by atoms with E-state index in [0.717, 1.165) is 17.8 Å². The maximum absolute atomic E-state index is 15.0. The van der Waals surface area contributed by atoms with Crippen molar-refractivity contribution in [1.29, 1.82) is 0 Å². The molecule has 1 saturated carbocycles. The van der Waals surface area contributed by atoms with Crippen molar-refractivity contribution in [3.05, 3.63) is 24.0 Å². The number of nitrogens with zero attached hydrogens (tertiary/aromatic N) is 3. The van der Waals surface area contributed by atoms with E-state index in [4.69, 9.17) is 17.0 Å². The second kappa shape index (κ2) is 8.73. The van der Waals surface area contributed by atoms with Crippen molar-refractivity contribution in [3.8, 4) is 0 Å². The van der Waals surface area contributed by atoms with Crippen molar-refractivity contribution in [2.24, 2.45) is 5.92 Å². The molecule has 8 nitrogen and oxygen atoms in total. The Bertz CT molecular complexity index is 850. The van der Waals surface area contributed by atoms with E-state index in [2.05, 4.69) is 10.7 Å². The third kappa shape index (κ3) is 4.65. The van der Waals surface area contributed by atoms with Crippen molar-refractivity contribution >= 4 is 40.6 Å². The van der Waals surface area contributed by atoms with Crippen LogP contribution in [-0.2, 0) is 9.53 Å². The van der Waals surface area contributed by atoms with Crippen LogP contribution in [0.3, 0.4) is 0 Å². The normalized spacial score (nSPS) is 22.0. The fourth-order valence-electron chi connectivity index (χ4n) is 3.73. The number of amides is 2. The minimum absolute atomic E-state index is 0.191. The maximum atomic E-state index is 15.0. The van der Waals surface area contributed by atoms with Gasteiger partial charge in [-0.2, -0.15) is 0 Å². The lowest BCUT2D eigenvalue weighted by molar-refractivity contribution is -0.119. The lowest BCUT2D eigenvalue weighted by Gasteiger charge is -2.25. The average Bonchev–Trinajstić information content (AvgIpc) is 3.52. The number of carbonyl (C=O) groups is 2. The molecule has 2 amide bonds. The Hall–Kier alpha value is -2.46. The van der Waals surface area contributed by atoms with Gasteiger partial charge in [0, 0.05) is 32.5 Å². The van der Waals surface area contributed by atoms with Gasteiger partial charge in [-0.1, -0.05) is 12.2 Å². The molecule has 2 saturated heterocycles. The second-order valence-corrected chi connectivity index (χ2v) is 8.27. The Labute approximate surface area is 180 Å². The number of hydrazine groups is 1. The Morgan fingerprint density at radius 1 is 1.33 bits per heavy atom. The zero-order valence-corrected chi connectivity index (χ0v) is 17.7. The smallest absolute Gasteiger partial charge is 0.414 e. The summed E-state index contributed by atoms with van der Waals surface area (Å²) in [4.78, 5) is 27.5. The van der Waals surface area contributed by atoms with Crippen molar-refractivity contribution in [3.63, 3.8) is 0 Å². The largest absolute Gasteiger partial charge is 0.442 e. The summed E-state index contributed by atoms with van der Waals surface area (Å²) in [5.41, 5.74) is 4.28. The number of rotatable bonds is 5. The van der Waals surface area contributed by atoms with E-state index in [1.54, 1.807) is 12.1 Å². The minimum Gasteiger partial charge on any atom is -0.442 e. The van der Waals surface area contributed by atoms with Crippen LogP contribution in [0.1, 0.15) is 19.8 Å². The molecule has 4 rings (SSSR count). The number of halogens is 1. The highest BCUT2D eigenvalue weighted by molar-refractivity contribution is 7.80. The molecule has 0 radical (unpaired) electrons. The van der Waals surface area contributed by atoms with Gasteiger partial charge in [-0.25, -0.2) is 14.6 Å². The molecule has 1 aliphatic carbocycles. The SMILES string of the molecule is CC(=O)NC[C@H]1CN(c2ccc(N3CCNN(C(=S)C4CC4)CC3)c(F)c2)C(=O)O1. The van der Waals surface area contributed by atoms with Gasteiger partial charge in [0.25, 0.3) is 0 Å². The first-order valence-electron chi connectivity index (χ1n) is 10.2. The predicted octanol–water partition coefficient (Wildman–Crippen LogP) is 1.65. The highest BCUT2D eigenvalue weighted by Crippen LogP contribution is 2.32. The molecule has 1 aromatic carbocycles. The Morgan fingerprint density at radius 2 is 2.13 bits per heavy atom. The standard InChI is InChI=1S/C20H26FN5O3S/c1-13(27)22-11-16-12-25(20(28)29-16)15-4-5-18(17(21)10-15)24-7-6-23-26(9-8-24)19(30)14-2-3-14/h4-5,10,14,16,23H,2-3,6-9,11-12H2,1H3,(H,22,27)/t16-/m0/s1. The van der Waals surface area contributed by atoms with E-state index < -0.39 is 12.2 Å². The monoisotopic (exact) mass is 435 g/mol. The lowest BCUT2D eigenvalue weighted by Crippen LogP contribution is -2.43. The number of benzene rings is 1. The fraction of sp³-hybridized carbons (Fsp3) is 0.550. The average molecular weight is 436 g/mol. The summed E-state index contributed by atoms with van der Waals surface area (Å²) in [6.07, 6.45) is 1.31. The molecule has 30 heavy (non-hydrogen) atoms. The number of nitrogens with one attached hydrogen (secondary N) is 2. The highest BCUT2D eigenvalue weighted by Gasteiger charge is 2.33. The summed E-state index contributed by atoms with van der Waals surface area (Å²) in [6, 6.07) is 4.79. The van der Waals surface area contributed by atoms with Crippen molar-refractivity contribution in [2.45, 2.75) is 25.9 Å². The highest BCUT2D eigenvalue weighted by atomic mass is 32.1. The van der Waals surface area contributed by atoms with Gasteiger partial charge in [-0.05, 0) is 31.0 Å². The minimum atomic E-state index is -0.541. The molecule has 2 N–H and O–H groups in total. The molecule has 3 fully saturated rings. The van der Waals surface area contributed by atoms with Gasteiger partial charge in [0.05, 0.1) is 36.0 Å². The molecule has 3 aliphatic rings. The van der Waals surface area contributed by atoms with E-state index >= 15 is 0 Å². The van der Waals surface area contributed by atoms with Gasteiger partial charge in [-0.15, -0.1) is 0 Å². The van der Waals surface area contributed by atoms with Crippen LogP contribution in [0.25, 0.3) is 0 Å². The number of thiocarbonyl (C=S) groups is 1. The van der Waals surface area contributed by atoms with Gasteiger partial charge in [0.2, 0.25) is 5.91 Å². The molecule has 0 spiro atoms. The zero-order chi connectivity index (χ0) is 21.3. The van der Waals surface area contributed by atoms with Crippen LogP contribution in [0.15, 0.2) is 18.2 Å². The van der Waals surface area contributed by atoms with Gasteiger partial charge in [-0.3, -0.25) is 14.7 Å². The van der Waals surface area contributed by atoms with Gasteiger partial charge in [0.15, 0.2) is 0 Å². The molecule has 10 heteroatoms. The maximum Gasteiger partial charge on any atom is 0.414 e. The summed E-state index contributed by atoms with van der Waals surface area (Å²) in [6.45, 7) is 4.58.